The molecule has 1 rings (SSSR count). The van der Waals surface area contributed by atoms with Crippen molar-refractivity contribution < 1.29 is 18.3 Å². The van der Waals surface area contributed by atoms with E-state index in [0.717, 1.165) is 0 Å². The van der Waals surface area contributed by atoms with Crippen LogP contribution in [0.3, 0.4) is 0 Å². The van der Waals surface area contributed by atoms with Crippen molar-refractivity contribution in [1.82, 2.24) is 9.44 Å². The molecule has 1 aromatic rings. The lowest BCUT2D eigenvalue weighted by Crippen LogP contribution is -2.41. The number of benzene rings is 1. The van der Waals surface area contributed by atoms with Crippen LogP contribution in [0, 0.1) is 0 Å². The standard InChI is InChI=1S/C11H18N2O4S/c1-17-8-7-12-18(15,16)13-11(9-14)10-5-3-2-4-6-10/h2-6,11-14H,7-9H2,1H3/t11-/m0/s1. The largest absolute Gasteiger partial charge is 0.394 e. The van der Waals surface area contributed by atoms with Crippen molar-refractivity contribution in [3.05, 3.63) is 35.9 Å². The van der Waals surface area contributed by atoms with Crippen LogP contribution in [0.2, 0.25) is 0 Å². The summed E-state index contributed by atoms with van der Waals surface area (Å²) in [6.07, 6.45) is 0. The van der Waals surface area contributed by atoms with Crippen molar-refractivity contribution in [2.75, 3.05) is 26.9 Å². The fraction of sp³-hybridized carbons (Fsp3) is 0.455. The average molecular weight is 274 g/mol. The third-order valence-corrected chi connectivity index (χ3v) is 3.46. The minimum Gasteiger partial charge on any atom is -0.394 e. The van der Waals surface area contributed by atoms with Gasteiger partial charge in [0.25, 0.3) is 10.2 Å². The van der Waals surface area contributed by atoms with E-state index >= 15 is 0 Å². The Bertz CT molecular complexity index is 436. The molecule has 102 valence electrons. The number of aliphatic hydroxyl groups is 1. The lowest BCUT2D eigenvalue weighted by molar-refractivity contribution is 0.204. The van der Waals surface area contributed by atoms with Gasteiger partial charge >= 0.3 is 0 Å². The summed E-state index contributed by atoms with van der Waals surface area (Å²) >= 11 is 0. The molecule has 0 bridgehead atoms. The molecule has 0 unspecified atom stereocenters. The van der Waals surface area contributed by atoms with Crippen molar-refractivity contribution >= 4 is 10.2 Å². The third kappa shape index (κ3) is 5.11. The second-order valence-corrected chi connectivity index (χ2v) is 5.19. The van der Waals surface area contributed by atoms with E-state index in [0.29, 0.717) is 5.56 Å². The fourth-order valence-corrected chi connectivity index (χ4v) is 2.42. The van der Waals surface area contributed by atoms with Gasteiger partial charge in [-0.25, -0.2) is 0 Å². The normalized spacial score (nSPS) is 13.4. The van der Waals surface area contributed by atoms with E-state index in [1.54, 1.807) is 24.3 Å². The number of ether oxygens (including phenoxy) is 1. The Morgan fingerprint density at radius 3 is 2.56 bits per heavy atom. The van der Waals surface area contributed by atoms with Crippen molar-refractivity contribution in [3.63, 3.8) is 0 Å². The molecular formula is C11H18N2O4S. The smallest absolute Gasteiger partial charge is 0.277 e. The zero-order valence-corrected chi connectivity index (χ0v) is 11.0. The second kappa shape index (κ2) is 7.45. The molecule has 6 nitrogen and oxygen atoms in total. The summed E-state index contributed by atoms with van der Waals surface area (Å²) in [5, 5.41) is 9.23. The van der Waals surface area contributed by atoms with Crippen LogP contribution < -0.4 is 9.44 Å². The van der Waals surface area contributed by atoms with Gasteiger partial charge in [-0.1, -0.05) is 30.3 Å². The molecule has 0 aromatic heterocycles. The van der Waals surface area contributed by atoms with Gasteiger partial charge in [-0.2, -0.15) is 17.9 Å². The predicted octanol–water partition coefficient (Wildman–Crippen LogP) is -0.210. The van der Waals surface area contributed by atoms with Gasteiger partial charge in [-0.15, -0.1) is 0 Å². The molecule has 0 heterocycles. The van der Waals surface area contributed by atoms with Crippen molar-refractivity contribution in [1.29, 1.82) is 0 Å². The molecule has 0 aliphatic heterocycles. The Morgan fingerprint density at radius 1 is 1.33 bits per heavy atom. The molecule has 0 saturated heterocycles. The molecule has 0 saturated carbocycles. The highest BCUT2D eigenvalue weighted by molar-refractivity contribution is 7.87. The Kier molecular flexibility index (Phi) is 6.23. The summed E-state index contributed by atoms with van der Waals surface area (Å²) in [5.41, 5.74) is 0.706. The molecule has 0 fully saturated rings. The molecule has 0 aliphatic carbocycles. The first-order chi connectivity index (χ1) is 8.59. The van der Waals surface area contributed by atoms with Crippen LogP contribution in [0.15, 0.2) is 30.3 Å². The van der Waals surface area contributed by atoms with E-state index in [4.69, 9.17) is 4.74 Å². The van der Waals surface area contributed by atoms with E-state index in [1.165, 1.54) is 7.11 Å². The summed E-state index contributed by atoms with van der Waals surface area (Å²) in [6.45, 7) is 0.157. The maximum Gasteiger partial charge on any atom is 0.277 e. The van der Waals surface area contributed by atoms with Gasteiger partial charge in [0.15, 0.2) is 0 Å². The SMILES string of the molecule is COCCNS(=O)(=O)N[C@@H](CO)c1ccccc1. The summed E-state index contributed by atoms with van der Waals surface area (Å²) in [6, 6.07) is 8.22. The van der Waals surface area contributed by atoms with Crippen molar-refractivity contribution in [2.24, 2.45) is 0 Å². The van der Waals surface area contributed by atoms with Gasteiger partial charge in [0.2, 0.25) is 0 Å². The molecule has 1 aromatic carbocycles. The van der Waals surface area contributed by atoms with Crippen molar-refractivity contribution in [2.45, 2.75) is 6.04 Å². The molecule has 18 heavy (non-hydrogen) atoms. The van der Waals surface area contributed by atoms with Gasteiger partial charge in [-0.05, 0) is 5.56 Å². The summed E-state index contributed by atoms with van der Waals surface area (Å²) in [7, 11) is -2.16. The van der Waals surface area contributed by atoms with Crippen molar-refractivity contribution in [3.8, 4) is 0 Å². The Morgan fingerprint density at radius 2 is 2.00 bits per heavy atom. The number of nitrogens with one attached hydrogen (secondary N) is 2. The molecule has 7 heteroatoms. The highest BCUT2D eigenvalue weighted by Gasteiger charge is 2.17. The Balaban J connectivity index is 2.63. The van der Waals surface area contributed by atoms with Crippen LogP contribution >= 0.6 is 0 Å². The topological polar surface area (TPSA) is 87.7 Å². The first kappa shape index (κ1) is 15.1. The number of methoxy groups -OCH3 is 1. The van der Waals surface area contributed by atoms with E-state index < -0.39 is 16.3 Å². The van der Waals surface area contributed by atoms with Crippen LogP contribution in [0.5, 0.6) is 0 Å². The third-order valence-electron chi connectivity index (χ3n) is 2.28. The van der Waals surface area contributed by atoms with E-state index in [2.05, 4.69) is 9.44 Å². The molecule has 0 radical (unpaired) electrons. The molecule has 3 N–H and O–H groups in total. The van der Waals surface area contributed by atoms with E-state index in [1.807, 2.05) is 6.07 Å². The quantitative estimate of drug-likeness (QED) is 0.572. The van der Waals surface area contributed by atoms with Gasteiger partial charge in [-0.3, -0.25) is 0 Å². The first-order valence-electron chi connectivity index (χ1n) is 5.50. The van der Waals surface area contributed by atoms with Gasteiger partial charge < -0.3 is 9.84 Å². The zero-order chi connectivity index (χ0) is 13.4. The lowest BCUT2D eigenvalue weighted by Gasteiger charge is -2.17. The highest BCUT2D eigenvalue weighted by atomic mass is 32.2. The minimum atomic E-state index is -3.65. The number of rotatable bonds is 8. The average Bonchev–Trinajstić information content (AvgIpc) is 2.37. The Hall–Kier alpha value is -0.990. The zero-order valence-electron chi connectivity index (χ0n) is 10.2. The number of aliphatic hydroxyl groups excluding tert-OH is 1. The highest BCUT2D eigenvalue weighted by Crippen LogP contribution is 2.12. The van der Waals surface area contributed by atoms with Gasteiger partial charge in [0, 0.05) is 13.7 Å². The maximum absolute atomic E-state index is 11.7. The van der Waals surface area contributed by atoms with E-state index in [-0.39, 0.29) is 19.8 Å². The Labute approximate surface area is 107 Å². The second-order valence-electron chi connectivity index (χ2n) is 3.65. The van der Waals surface area contributed by atoms with Crippen LogP contribution in [-0.2, 0) is 14.9 Å². The maximum atomic E-state index is 11.7. The molecule has 0 amide bonds. The fourth-order valence-electron chi connectivity index (χ4n) is 1.40. The monoisotopic (exact) mass is 274 g/mol. The molecule has 1 atom stereocenters. The van der Waals surface area contributed by atoms with Crippen LogP contribution in [-0.4, -0.2) is 40.4 Å². The first-order valence-corrected chi connectivity index (χ1v) is 6.99. The van der Waals surface area contributed by atoms with Gasteiger partial charge in [0.1, 0.15) is 0 Å². The molecule has 0 aliphatic rings. The summed E-state index contributed by atoms with van der Waals surface area (Å²) in [4.78, 5) is 0. The van der Waals surface area contributed by atoms with Gasteiger partial charge in [0.05, 0.1) is 19.3 Å². The lowest BCUT2D eigenvalue weighted by atomic mass is 10.1. The number of hydrogen-bond donors (Lipinski definition) is 3. The summed E-state index contributed by atoms with van der Waals surface area (Å²) in [5.74, 6) is 0. The summed E-state index contributed by atoms with van der Waals surface area (Å²) < 4.78 is 32.8. The number of hydrogen-bond acceptors (Lipinski definition) is 4. The molecular weight excluding hydrogens is 256 g/mol. The predicted molar refractivity (Wildman–Crippen MR) is 68.2 cm³/mol. The van der Waals surface area contributed by atoms with Crippen LogP contribution in [0.1, 0.15) is 11.6 Å². The van der Waals surface area contributed by atoms with Crippen LogP contribution in [0.4, 0.5) is 0 Å². The van der Waals surface area contributed by atoms with E-state index in [9.17, 15) is 13.5 Å². The molecule has 0 spiro atoms. The van der Waals surface area contributed by atoms with Crippen LogP contribution in [0.25, 0.3) is 0 Å². The minimum absolute atomic E-state index is 0.179.